The van der Waals surface area contributed by atoms with Crippen molar-refractivity contribution >= 4 is 11.9 Å². The molecule has 0 radical (unpaired) electrons. The second-order valence-corrected chi connectivity index (χ2v) is 4.71. The second kappa shape index (κ2) is 4.46. The number of nitrogens with one attached hydrogen (secondary N) is 1. The number of rotatable bonds is 2. The molecule has 0 aliphatic heterocycles. The van der Waals surface area contributed by atoms with Crippen LogP contribution in [-0.2, 0) is 12.8 Å². The van der Waals surface area contributed by atoms with Crippen LogP contribution in [0, 0.1) is 12.7 Å². The maximum atomic E-state index is 13.6. The summed E-state index contributed by atoms with van der Waals surface area (Å²) in [5.74, 6) is -0.202. The summed E-state index contributed by atoms with van der Waals surface area (Å²) < 4.78 is 13.6. The average Bonchev–Trinajstić information content (AvgIpc) is 2.84. The van der Waals surface area contributed by atoms with E-state index in [1.54, 1.807) is 13.0 Å². The number of halogens is 1. The van der Waals surface area contributed by atoms with Crippen molar-refractivity contribution in [3.8, 4) is 0 Å². The van der Waals surface area contributed by atoms with Crippen molar-refractivity contribution in [1.29, 1.82) is 0 Å². The molecule has 1 aliphatic carbocycles. The van der Waals surface area contributed by atoms with Gasteiger partial charge in [0, 0.05) is 24.1 Å². The van der Waals surface area contributed by atoms with Crippen molar-refractivity contribution in [2.75, 3.05) is 0 Å². The first-order valence-electron chi connectivity index (χ1n) is 6.16. The lowest BCUT2D eigenvalue weighted by molar-refractivity contribution is 0.111. The predicted molar refractivity (Wildman–Crippen MR) is 70.5 cm³/mol. The number of carbonyl (C=O) groups excluding carboxylic acids is 1. The van der Waals surface area contributed by atoms with Gasteiger partial charge in [0.05, 0.1) is 0 Å². The maximum absolute atomic E-state index is 13.6. The lowest BCUT2D eigenvalue weighted by Crippen LogP contribution is -2.04. The molecule has 4 heteroatoms. The van der Waals surface area contributed by atoms with E-state index >= 15 is 0 Å². The van der Waals surface area contributed by atoms with Gasteiger partial charge in [0.1, 0.15) is 11.5 Å². The Morgan fingerprint density at radius 3 is 3.05 bits per heavy atom. The average molecular weight is 256 g/mol. The second-order valence-electron chi connectivity index (χ2n) is 4.71. The third-order valence-electron chi connectivity index (χ3n) is 3.63. The number of aromatic nitrogens is 2. The molecule has 3 rings (SSSR count). The molecule has 0 saturated heterocycles. The van der Waals surface area contributed by atoms with E-state index in [9.17, 15) is 9.18 Å². The molecule has 0 saturated carbocycles. The Balaban J connectivity index is 2.02. The minimum Gasteiger partial charge on any atom is -0.296 e. The number of fused-ring (bicyclic) bond motifs is 1. The summed E-state index contributed by atoms with van der Waals surface area (Å²) >= 11 is 0. The number of aldehydes is 1. The highest BCUT2D eigenvalue weighted by molar-refractivity contribution is 5.79. The summed E-state index contributed by atoms with van der Waals surface area (Å²) in [5, 5.41) is 6.86. The van der Waals surface area contributed by atoms with Crippen LogP contribution < -0.4 is 0 Å². The molecular formula is C15H13FN2O. The van der Waals surface area contributed by atoms with Crippen molar-refractivity contribution in [3.63, 3.8) is 0 Å². The van der Waals surface area contributed by atoms with Gasteiger partial charge in [-0.2, -0.15) is 5.10 Å². The highest BCUT2D eigenvalue weighted by Crippen LogP contribution is 2.30. The SMILES string of the molecule is Cc1c(F)cccc1C1=CCc2[nH]nc(C=O)c2C1. The normalized spacial score (nSPS) is 13.9. The highest BCUT2D eigenvalue weighted by Gasteiger charge is 2.20. The van der Waals surface area contributed by atoms with Crippen LogP contribution in [0.1, 0.15) is 32.9 Å². The third kappa shape index (κ3) is 1.89. The number of hydrogen-bond donors (Lipinski definition) is 1. The molecule has 1 heterocycles. The van der Waals surface area contributed by atoms with E-state index in [-0.39, 0.29) is 5.82 Å². The van der Waals surface area contributed by atoms with Crippen LogP contribution in [0.3, 0.4) is 0 Å². The Kier molecular flexibility index (Phi) is 2.78. The predicted octanol–water partition coefficient (Wildman–Crippen LogP) is 2.85. The standard InChI is InChI=1S/C15H13FN2O/c1-9-11(3-2-4-13(9)16)10-5-6-14-12(7-10)15(8-19)18-17-14/h2-5,8H,6-7H2,1H3,(H,17,18). The lowest BCUT2D eigenvalue weighted by atomic mass is 9.88. The van der Waals surface area contributed by atoms with E-state index < -0.39 is 0 Å². The molecule has 1 N–H and O–H groups in total. The molecule has 1 aromatic carbocycles. The van der Waals surface area contributed by atoms with Crippen LogP contribution >= 0.6 is 0 Å². The Morgan fingerprint density at radius 2 is 2.26 bits per heavy atom. The molecule has 0 atom stereocenters. The molecule has 2 aromatic rings. The van der Waals surface area contributed by atoms with Gasteiger partial charge in [0.2, 0.25) is 0 Å². The van der Waals surface area contributed by atoms with Gasteiger partial charge in [-0.3, -0.25) is 9.89 Å². The van der Waals surface area contributed by atoms with Crippen molar-refractivity contribution < 1.29 is 9.18 Å². The molecule has 0 spiro atoms. The fourth-order valence-corrected chi connectivity index (χ4v) is 2.53. The number of carbonyl (C=O) groups is 1. The lowest BCUT2D eigenvalue weighted by Gasteiger charge is -2.16. The zero-order valence-electron chi connectivity index (χ0n) is 10.5. The van der Waals surface area contributed by atoms with Crippen LogP contribution in [0.25, 0.3) is 5.57 Å². The molecule has 0 amide bonds. The molecule has 1 aromatic heterocycles. The van der Waals surface area contributed by atoms with Gasteiger partial charge in [-0.25, -0.2) is 4.39 Å². The van der Waals surface area contributed by atoms with E-state index in [0.29, 0.717) is 24.1 Å². The molecule has 19 heavy (non-hydrogen) atoms. The van der Waals surface area contributed by atoms with Gasteiger partial charge in [-0.1, -0.05) is 18.2 Å². The minimum absolute atomic E-state index is 0.202. The van der Waals surface area contributed by atoms with E-state index in [0.717, 1.165) is 28.7 Å². The van der Waals surface area contributed by atoms with E-state index in [2.05, 4.69) is 16.3 Å². The molecular weight excluding hydrogens is 243 g/mol. The van der Waals surface area contributed by atoms with Crippen molar-refractivity contribution in [3.05, 3.63) is 58.2 Å². The summed E-state index contributed by atoms with van der Waals surface area (Å²) in [6.07, 6.45) is 4.14. The summed E-state index contributed by atoms with van der Waals surface area (Å²) in [5.41, 5.74) is 4.96. The van der Waals surface area contributed by atoms with Crippen LogP contribution in [-0.4, -0.2) is 16.5 Å². The van der Waals surface area contributed by atoms with Gasteiger partial charge < -0.3 is 0 Å². The zero-order chi connectivity index (χ0) is 13.4. The maximum Gasteiger partial charge on any atom is 0.170 e. The third-order valence-corrected chi connectivity index (χ3v) is 3.63. The van der Waals surface area contributed by atoms with Crippen molar-refractivity contribution in [1.82, 2.24) is 10.2 Å². The van der Waals surface area contributed by atoms with Crippen LogP contribution in [0.15, 0.2) is 24.3 Å². The smallest absolute Gasteiger partial charge is 0.170 e. The van der Waals surface area contributed by atoms with Crippen molar-refractivity contribution in [2.24, 2.45) is 0 Å². The Hall–Kier alpha value is -2.23. The first kappa shape index (κ1) is 11.8. The quantitative estimate of drug-likeness (QED) is 0.840. The molecule has 0 bridgehead atoms. The van der Waals surface area contributed by atoms with Gasteiger partial charge >= 0.3 is 0 Å². The monoisotopic (exact) mass is 256 g/mol. The fourth-order valence-electron chi connectivity index (χ4n) is 2.53. The zero-order valence-corrected chi connectivity index (χ0v) is 10.5. The molecule has 3 nitrogen and oxygen atoms in total. The van der Waals surface area contributed by atoms with Crippen LogP contribution in [0.4, 0.5) is 4.39 Å². The number of aromatic amines is 1. The van der Waals surface area contributed by atoms with Gasteiger partial charge in [-0.05, 0) is 29.7 Å². The summed E-state index contributed by atoms with van der Waals surface area (Å²) in [7, 11) is 0. The number of H-pyrrole nitrogens is 1. The molecule has 96 valence electrons. The summed E-state index contributed by atoms with van der Waals surface area (Å²) in [6.45, 7) is 1.77. The molecule has 1 aliphatic rings. The molecule has 0 fully saturated rings. The first-order valence-corrected chi connectivity index (χ1v) is 6.16. The van der Waals surface area contributed by atoms with Crippen molar-refractivity contribution in [2.45, 2.75) is 19.8 Å². The largest absolute Gasteiger partial charge is 0.296 e. The fraction of sp³-hybridized carbons (Fsp3) is 0.200. The summed E-state index contributed by atoms with van der Waals surface area (Å²) in [4.78, 5) is 10.9. The number of benzene rings is 1. The van der Waals surface area contributed by atoms with E-state index in [1.165, 1.54) is 6.07 Å². The van der Waals surface area contributed by atoms with Crippen LogP contribution in [0.2, 0.25) is 0 Å². The minimum atomic E-state index is -0.202. The Morgan fingerprint density at radius 1 is 1.42 bits per heavy atom. The van der Waals surface area contributed by atoms with E-state index in [1.807, 2.05) is 6.07 Å². The summed E-state index contributed by atoms with van der Waals surface area (Å²) in [6, 6.07) is 5.09. The number of hydrogen-bond acceptors (Lipinski definition) is 2. The molecule has 0 unspecified atom stereocenters. The number of allylic oxidation sites excluding steroid dienone is 2. The van der Waals surface area contributed by atoms with Gasteiger partial charge in [0.15, 0.2) is 6.29 Å². The van der Waals surface area contributed by atoms with Crippen LogP contribution in [0.5, 0.6) is 0 Å². The highest BCUT2D eigenvalue weighted by atomic mass is 19.1. The first-order chi connectivity index (χ1) is 9.20. The van der Waals surface area contributed by atoms with Gasteiger partial charge in [0.25, 0.3) is 0 Å². The van der Waals surface area contributed by atoms with E-state index in [4.69, 9.17) is 0 Å². The Bertz CT molecular complexity index is 685. The van der Waals surface area contributed by atoms with Gasteiger partial charge in [-0.15, -0.1) is 0 Å². The Labute approximate surface area is 110 Å². The number of nitrogens with zero attached hydrogens (tertiary/aromatic N) is 1. The topological polar surface area (TPSA) is 45.8 Å².